The third-order valence-electron chi connectivity index (χ3n) is 7.64. The van der Waals surface area contributed by atoms with Gasteiger partial charge in [0, 0.05) is 28.3 Å². The molecular weight excluding hydrogens is 482 g/mol. The monoisotopic (exact) mass is 511 g/mol. The second-order valence-electron chi connectivity index (χ2n) is 11.1. The van der Waals surface area contributed by atoms with E-state index in [-0.39, 0.29) is 16.9 Å². The second kappa shape index (κ2) is 9.35. The molecule has 194 valence electrons. The van der Waals surface area contributed by atoms with Gasteiger partial charge in [-0.25, -0.2) is 4.39 Å². The number of hydrogen-bond donors (Lipinski definition) is 1. The fourth-order valence-corrected chi connectivity index (χ4v) is 5.91. The van der Waals surface area contributed by atoms with Crippen LogP contribution in [0.15, 0.2) is 48.5 Å². The van der Waals surface area contributed by atoms with Crippen LogP contribution in [-0.4, -0.2) is 15.9 Å². The molecule has 0 spiro atoms. The van der Waals surface area contributed by atoms with E-state index in [1.807, 2.05) is 0 Å². The predicted molar refractivity (Wildman–Crippen MR) is 133 cm³/mol. The number of ketones is 1. The summed E-state index contributed by atoms with van der Waals surface area (Å²) < 4.78 is 53.4. The number of aliphatic hydroxyl groups is 1. The van der Waals surface area contributed by atoms with Crippen molar-refractivity contribution in [3.8, 4) is 11.1 Å². The smallest absolute Gasteiger partial charge is 0.388 e. The standard InChI is InChI=1S/C30H29F4NO2/c1-29(2)15-22-25(23(36)16-29)24(17-9-13-21(31)14-10-17)26(27(35-22)18-5-3-4-6-18)28(37)19-7-11-20(12-8-19)30(32,33)34/h7-14,18,23,36H,3-6,15-16H2,1-2H3. The largest absolute Gasteiger partial charge is 0.416 e. The van der Waals surface area contributed by atoms with Crippen LogP contribution in [0.5, 0.6) is 0 Å². The fraction of sp³-hybridized carbons (Fsp3) is 0.400. The molecule has 0 amide bonds. The zero-order chi connectivity index (χ0) is 26.5. The van der Waals surface area contributed by atoms with Gasteiger partial charge in [0.05, 0.1) is 22.9 Å². The number of rotatable bonds is 4. The first-order valence-corrected chi connectivity index (χ1v) is 12.7. The minimum Gasteiger partial charge on any atom is -0.388 e. The quantitative estimate of drug-likeness (QED) is 0.287. The van der Waals surface area contributed by atoms with E-state index in [9.17, 15) is 27.5 Å². The van der Waals surface area contributed by atoms with Crippen molar-refractivity contribution in [1.82, 2.24) is 4.98 Å². The zero-order valence-electron chi connectivity index (χ0n) is 20.8. The number of halogens is 4. The van der Waals surface area contributed by atoms with Crippen LogP contribution >= 0.6 is 0 Å². The summed E-state index contributed by atoms with van der Waals surface area (Å²) in [4.78, 5) is 19.1. The number of carbonyl (C=O) groups is 1. The predicted octanol–water partition coefficient (Wildman–Crippen LogP) is 7.80. The first-order valence-electron chi connectivity index (χ1n) is 12.7. The van der Waals surface area contributed by atoms with Crippen LogP contribution in [0.2, 0.25) is 0 Å². The molecule has 1 unspecified atom stereocenters. The molecule has 1 fully saturated rings. The Hall–Kier alpha value is -3.06. The Morgan fingerprint density at radius 2 is 1.62 bits per heavy atom. The number of pyridine rings is 1. The Kier molecular flexibility index (Phi) is 6.47. The van der Waals surface area contributed by atoms with Gasteiger partial charge in [-0.1, -0.05) is 51.0 Å². The topological polar surface area (TPSA) is 50.2 Å². The molecule has 1 N–H and O–H groups in total. The van der Waals surface area contributed by atoms with Crippen molar-refractivity contribution in [2.45, 2.75) is 70.6 Å². The summed E-state index contributed by atoms with van der Waals surface area (Å²) in [7, 11) is 0. The average Bonchev–Trinajstić information content (AvgIpc) is 3.37. The lowest BCUT2D eigenvalue weighted by Crippen LogP contribution is -2.29. The van der Waals surface area contributed by atoms with Crippen LogP contribution in [-0.2, 0) is 12.6 Å². The minimum atomic E-state index is -4.51. The first-order chi connectivity index (χ1) is 17.4. The summed E-state index contributed by atoms with van der Waals surface area (Å²) in [5.41, 5.74) is 2.39. The van der Waals surface area contributed by atoms with E-state index in [1.54, 1.807) is 12.1 Å². The molecule has 2 aliphatic rings. The molecule has 1 heterocycles. The highest BCUT2D eigenvalue weighted by Crippen LogP contribution is 2.48. The molecule has 1 saturated carbocycles. The summed E-state index contributed by atoms with van der Waals surface area (Å²) in [6.45, 7) is 4.13. The molecule has 2 aliphatic carbocycles. The normalized spacial score (nSPS) is 19.6. The van der Waals surface area contributed by atoms with Gasteiger partial charge in [0.25, 0.3) is 0 Å². The third kappa shape index (κ3) is 4.93. The molecule has 3 nitrogen and oxygen atoms in total. The van der Waals surface area contributed by atoms with Crippen LogP contribution in [0.25, 0.3) is 11.1 Å². The minimum absolute atomic E-state index is 0.0279. The summed E-state index contributed by atoms with van der Waals surface area (Å²) in [5.74, 6) is -0.845. The maximum atomic E-state index is 14.1. The molecule has 1 aromatic heterocycles. The van der Waals surface area contributed by atoms with Gasteiger partial charge in [0.2, 0.25) is 0 Å². The highest BCUT2D eigenvalue weighted by Gasteiger charge is 2.39. The van der Waals surface area contributed by atoms with Crippen molar-refractivity contribution in [3.63, 3.8) is 0 Å². The number of alkyl halides is 3. The van der Waals surface area contributed by atoms with Crippen LogP contribution < -0.4 is 0 Å². The number of hydrogen-bond acceptors (Lipinski definition) is 3. The van der Waals surface area contributed by atoms with Crippen molar-refractivity contribution in [2.24, 2.45) is 5.41 Å². The van der Waals surface area contributed by atoms with Crippen LogP contribution in [0.4, 0.5) is 17.6 Å². The second-order valence-corrected chi connectivity index (χ2v) is 11.1. The maximum absolute atomic E-state index is 14.1. The lowest BCUT2D eigenvalue weighted by Gasteiger charge is -2.37. The molecule has 7 heteroatoms. The Morgan fingerprint density at radius 1 is 1.00 bits per heavy atom. The summed E-state index contributed by atoms with van der Waals surface area (Å²) in [5, 5.41) is 11.3. The van der Waals surface area contributed by atoms with Gasteiger partial charge in [0.15, 0.2) is 5.78 Å². The lowest BCUT2D eigenvalue weighted by atomic mass is 9.71. The molecule has 0 bridgehead atoms. The van der Waals surface area contributed by atoms with Gasteiger partial charge in [0.1, 0.15) is 5.82 Å². The van der Waals surface area contributed by atoms with E-state index >= 15 is 0 Å². The van der Waals surface area contributed by atoms with Crippen molar-refractivity contribution in [1.29, 1.82) is 0 Å². The number of fused-ring (bicyclic) bond motifs is 1. The van der Waals surface area contributed by atoms with Crippen LogP contribution in [0, 0.1) is 11.2 Å². The lowest BCUT2D eigenvalue weighted by molar-refractivity contribution is -0.137. The Balaban J connectivity index is 1.78. The zero-order valence-corrected chi connectivity index (χ0v) is 20.8. The van der Waals surface area contributed by atoms with Gasteiger partial charge < -0.3 is 5.11 Å². The molecule has 2 aromatic carbocycles. The number of aliphatic hydroxyl groups excluding tert-OH is 1. The van der Waals surface area contributed by atoms with Crippen LogP contribution in [0.1, 0.15) is 96.4 Å². The van der Waals surface area contributed by atoms with Gasteiger partial charge in [-0.2, -0.15) is 13.2 Å². The van der Waals surface area contributed by atoms with E-state index in [4.69, 9.17) is 4.98 Å². The molecule has 5 rings (SSSR count). The molecular formula is C30H29F4NO2. The van der Waals surface area contributed by atoms with Gasteiger partial charge in [-0.3, -0.25) is 9.78 Å². The molecule has 0 saturated heterocycles. The third-order valence-corrected chi connectivity index (χ3v) is 7.64. The van der Waals surface area contributed by atoms with E-state index in [2.05, 4.69) is 13.8 Å². The molecule has 0 aliphatic heterocycles. The van der Waals surface area contributed by atoms with Crippen molar-refractivity contribution in [2.75, 3.05) is 0 Å². The Morgan fingerprint density at radius 3 is 2.22 bits per heavy atom. The summed E-state index contributed by atoms with van der Waals surface area (Å²) in [6, 6.07) is 9.98. The Bertz CT molecular complexity index is 1320. The number of nitrogens with zero attached hydrogens (tertiary/aromatic N) is 1. The fourth-order valence-electron chi connectivity index (χ4n) is 5.91. The number of carbonyl (C=O) groups excluding carboxylic acids is 1. The van der Waals surface area contributed by atoms with Crippen LogP contribution in [0.3, 0.4) is 0 Å². The summed E-state index contributed by atoms with van der Waals surface area (Å²) >= 11 is 0. The SMILES string of the molecule is CC1(C)Cc2nc(C3CCCC3)c(C(=O)c3ccc(C(F)(F)F)cc3)c(-c3ccc(F)cc3)c2C(O)C1. The van der Waals surface area contributed by atoms with Crippen molar-refractivity contribution >= 4 is 5.78 Å². The van der Waals surface area contributed by atoms with Crippen molar-refractivity contribution in [3.05, 3.63) is 88.0 Å². The average molecular weight is 512 g/mol. The molecule has 1 atom stereocenters. The van der Waals surface area contributed by atoms with Crippen molar-refractivity contribution < 1.29 is 27.5 Å². The van der Waals surface area contributed by atoms with E-state index in [0.717, 1.165) is 43.5 Å². The van der Waals surface area contributed by atoms with E-state index in [1.165, 1.54) is 24.3 Å². The first kappa shape index (κ1) is 25.6. The number of benzene rings is 2. The van der Waals surface area contributed by atoms with Gasteiger partial charge in [-0.05, 0) is 60.9 Å². The van der Waals surface area contributed by atoms with Gasteiger partial charge in [-0.15, -0.1) is 0 Å². The van der Waals surface area contributed by atoms with Gasteiger partial charge >= 0.3 is 6.18 Å². The molecule has 0 radical (unpaired) electrons. The Labute approximate surface area is 213 Å². The number of aromatic nitrogens is 1. The maximum Gasteiger partial charge on any atom is 0.416 e. The summed E-state index contributed by atoms with van der Waals surface area (Å²) in [6.07, 6.45) is -0.617. The highest BCUT2D eigenvalue weighted by atomic mass is 19.4. The molecule has 37 heavy (non-hydrogen) atoms. The molecule has 3 aromatic rings. The van der Waals surface area contributed by atoms with E-state index in [0.29, 0.717) is 40.8 Å². The highest BCUT2D eigenvalue weighted by molar-refractivity contribution is 6.14. The van der Waals surface area contributed by atoms with E-state index < -0.39 is 29.4 Å².